The highest BCUT2D eigenvalue weighted by Gasteiger charge is 2.22. The monoisotopic (exact) mass is 426 g/mol. The van der Waals surface area contributed by atoms with E-state index in [1.54, 1.807) is 0 Å². The Morgan fingerprint density at radius 2 is 1.77 bits per heavy atom. The van der Waals surface area contributed by atoms with Crippen LogP contribution in [0.15, 0.2) is 40.8 Å². The number of halogens is 1. The predicted octanol–water partition coefficient (Wildman–Crippen LogP) is 6.03. The van der Waals surface area contributed by atoms with Crippen LogP contribution in [0.25, 0.3) is 11.0 Å². The molecule has 0 aliphatic heterocycles. The van der Waals surface area contributed by atoms with Crippen molar-refractivity contribution in [3.63, 3.8) is 0 Å². The van der Waals surface area contributed by atoms with Gasteiger partial charge >= 0.3 is 0 Å². The van der Waals surface area contributed by atoms with E-state index in [2.05, 4.69) is 55.3 Å². The summed E-state index contributed by atoms with van der Waals surface area (Å²) in [5, 5.41) is 4.59. The molecule has 30 heavy (non-hydrogen) atoms. The first kappa shape index (κ1) is 22.4. The fourth-order valence-corrected chi connectivity index (χ4v) is 3.80. The van der Waals surface area contributed by atoms with Gasteiger partial charge in [-0.25, -0.2) is 0 Å². The van der Waals surface area contributed by atoms with E-state index >= 15 is 0 Å². The lowest BCUT2D eigenvalue weighted by atomic mass is 9.86. The van der Waals surface area contributed by atoms with Gasteiger partial charge in [0.15, 0.2) is 5.76 Å². The lowest BCUT2D eigenvalue weighted by Crippen LogP contribution is -2.34. The highest BCUT2D eigenvalue weighted by atomic mass is 35.5. The average Bonchev–Trinajstić information content (AvgIpc) is 2.97. The Bertz CT molecular complexity index is 1060. The van der Waals surface area contributed by atoms with Crippen LogP contribution in [0.3, 0.4) is 0 Å². The zero-order chi connectivity index (χ0) is 22.2. The summed E-state index contributed by atoms with van der Waals surface area (Å²) in [5.41, 5.74) is 4.98. The molecule has 0 aliphatic rings. The van der Waals surface area contributed by atoms with Gasteiger partial charge in [-0.2, -0.15) is 0 Å². The Morgan fingerprint density at radius 1 is 1.13 bits per heavy atom. The minimum Gasteiger partial charge on any atom is -0.451 e. The van der Waals surface area contributed by atoms with E-state index in [0.717, 1.165) is 22.1 Å². The van der Waals surface area contributed by atoms with Gasteiger partial charge in [-0.1, -0.05) is 56.6 Å². The summed E-state index contributed by atoms with van der Waals surface area (Å²) in [5.74, 6) is 0.128. The molecule has 2 aromatic carbocycles. The van der Waals surface area contributed by atoms with Gasteiger partial charge in [-0.3, -0.25) is 4.79 Å². The van der Waals surface area contributed by atoms with Gasteiger partial charge in [0, 0.05) is 22.5 Å². The number of benzene rings is 2. The molecule has 0 fully saturated rings. The van der Waals surface area contributed by atoms with Crippen LogP contribution in [0.2, 0.25) is 5.02 Å². The van der Waals surface area contributed by atoms with Gasteiger partial charge in [0.2, 0.25) is 0 Å². The van der Waals surface area contributed by atoms with Crippen LogP contribution in [-0.4, -0.2) is 31.4 Å². The van der Waals surface area contributed by atoms with E-state index in [-0.39, 0.29) is 17.4 Å². The second-order valence-electron chi connectivity index (χ2n) is 9.22. The Morgan fingerprint density at radius 3 is 2.33 bits per heavy atom. The highest BCUT2D eigenvalue weighted by Crippen LogP contribution is 2.30. The van der Waals surface area contributed by atoms with E-state index < -0.39 is 0 Å². The topological polar surface area (TPSA) is 45.5 Å². The molecule has 0 saturated carbocycles. The van der Waals surface area contributed by atoms with E-state index in [1.165, 1.54) is 5.56 Å². The van der Waals surface area contributed by atoms with Gasteiger partial charge in [0.1, 0.15) is 5.58 Å². The summed E-state index contributed by atoms with van der Waals surface area (Å²) in [6.45, 7) is 10.9. The number of furan rings is 1. The molecule has 0 aliphatic carbocycles. The van der Waals surface area contributed by atoms with Crippen LogP contribution in [0, 0.1) is 13.8 Å². The number of hydrogen-bond acceptors (Lipinski definition) is 3. The van der Waals surface area contributed by atoms with Crippen molar-refractivity contribution in [1.29, 1.82) is 0 Å². The summed E-state index contributed by atoms with van der Waals surface area (Å²) in [6, 6.07) is 12.4. The van der Waals surface area contributed by atoms with Crippen molar-refractivity contribution in [3.8, 4) is 0 Å². The summed E-state index contributed by atoms with van der Waals surface area (Å²) in [7, 11) is 4.04. The van der Waals surface area contributed by atoms with Crippen LogP contribution >= 0.6 is 11.6 Å². The van der Waals surface area contributed by atoms with E-state index in [1.807, 2.05) is 40.1 Å². The maximum absolute atomic E-state index is 12.9. The van der Waals surface area contributed by atoms with Crippen molar-refractivity contribution in [2.24, 2.45) is 0 Å². The van der Waals surface area contributed by atoms with Crippen LogP contribution in [0.5, 0.6) is 0 Å². The molecule has 5 heteroatoms. The Hall–Kier alpha value is -2.30. The standard InChI is InChI=1S/C25H31ClN2O2/c1-15-12-22-19(13-20(15)26)16(2)23(30-22)24(29)27-14-21(28(6)7)17-8-10-18(11-9-17)25(3,4)5/h8-13,21H,14H2,1-7H3,(H,27,29)/t21-/m0/s1. The zero-order valence-electron chi connectivity index (χ0n) is 18.9. The summed E-state index contributed by atoms with van der Waals surface area (Å²) < 4.78 is 5.86. The van der Waals surface area contributed by atoms with E-state index in [4.69, 9.17) is 16.0 Å². The molecule has 3 aromatic rings. The van der Waals surface area contributed by atoms with Gasteiger partial charge in [0.05, 0.1) is 6.04 Å². The van der Waals surface area contributed by atoms with Crippen LogP contribution < -0.4 is 5.32 Å². The molecule has 0 unspecified atom stereocenters. The number of carbonyl (C=O) groups excluding carboxylic acids is 1. The SMILES string of the molecule is Cc1cc2oc(C(=O)NC[C@@H](c3ccc(C(C)(C)C)cc3)N(C)C)c(C)c2cc1Cl. The number of aryl methyl sites for hydroxylation is 2. The second kappa shape index (κ2) is 8.44. The second-order valence-corrected chi connectivity index (χ2v) is 9.62. The molecule has 3 rings (SSSR count). The van der Waals surface area contributed by atoms with Gasteiger partial charge in [-0.05, 0) is 62.2 Å². The maximum atomic E-state index is 12.9. The molecular weight excluding hydrogens is 396 g/mol. The van der Waals surface area contributed by atoms with Crippen LogP contribution in [0.1, 0.15) is 59.6 Å². The lowest BCUT2D eigenvalue weighted by molar-refractivity contribution is 0.0915. The maximum Gasteiger partial charge on any atom is 0.287 e. The zero-order valence-corrected chi connectivity index (χ0v) is 19.6. The van der Waals surface area contributed by atoms with Crippen molar-refractivity contribution in [3.05, 3.63) is 69.4 Å². The number of carbonyl (C=O) groups is 1. The highest BCUT2D eigenvalue weighted by molar-refractivity contribution is 6.32. The third-order valence-electron chi connectivity index (χ3n) is 5.66. The largest absolute Gasteiger partial charge is 0.451 e. The fourth-order valence-electron chi connectivity index (χ4n) is 3.63. The molecule has 1 atom stereocenters. The van der Waals surface area contributed by atoms with Crippen molar-refractivity contribution >= 4 is 28.5 Å². The quantitative estimate of drug-likeness (QED) is 0.541. The summed E-state index contributed by atoms with van der Waals surface area (Å²) >= 11 is 6.25. The van der Waals surface area contributed by atoms with Crippen LogP contribution in [0.4, 0.5) is 0 Å². The van der Waals surface area contributed by atoms with Crippen molar-refractivity contribution in [2.45, 2.75) is 46.1 Å². The molecule has 1 N–H and O–H groups in total. The Labute approximate surface area is 184 Å². The number of fused-ring (bicyclic) bond motifs is 1. The molecule has 1 aromatic heterocycles. The van der Waals surface area contributed by atoms with Crippen molar-refractivity contribution in [1.82, 2.24) is 10.2 Å². The van der Waals surface area contributed by atoms with Crippen molar-refractivity contribution in [2.75, 3.05) is 20.6 Å². The minimum absolute atomic E-state index is 0.0596. The molecule has 0 bridgehead atoms. The molecule has 1 heterocycles. The molecule has 0 saturated heterocycles. The smallest absolute Gasteiger partial charge is 0.287 e. The molecular formula is C25H31ClN2O2. The van der Waals surface area contributed by atoms with Crippen LogP contribution in [-0.2, 0) is 5.41 Å². The van der Waals surface area contributed by atoms with Gasteiger partial charge < -0.3 is 14.6 Å². The normalized spacial score (nSPS) is 13.1. The number of amides is 1. The Kier molecular flexibility index (Phi) is 6.30. The minimum atomic E-state index is -0.212. The van der Waals surface area contributed by atoms with Gasteiger partial charge in [-0.15, -0.1) is 0 Å². The number of likely N-dealkylation sites (N-methyl/N-ethyl adjacent to an activating group) is 1. The fraction of sp³-hybridized carbons (Fsp3) is 0.400. The number of hydrogen-bond donors (Lipinski definition) is 1. The number of nitrogens with one attached hydrogen (secondary N) is 1. The van der Waals surface area contributed by atoms with Crippen molar-refractivity contribution < 1.29 is 9.21 Å². The number of rotatable bonds is 5. The first-order valence-corrected chi connectivity index (χ1v) is 10.6. The molecule has 1 amide bonds. The van der Waals surface area contributed by atoms with E-state index in [9.17, 15) is 4.79 Å². The Balaban J connectivity index is 1.79. The first-order chi connectivity index (χ1) is 14.0. The molecule has 4 nitrogen and oxygen atoms in total. The lowest BCUT2D eigenvalue weighted by Gasteiger charge is -2.26. The molecule has 0 spiro atoms. The average molecular weight is 427 g/mol. The summed E-state index contributed by atoms with van der Waals surface area (Å²) in [4.78, 5) is 15.0. The summed E-state index contributed by atoms with van der Waals surface area (Å²) in [6.07, 6.45) is 0. The third-order valence-corrected chi connectivity index (χ3v) is 6.07. The molecule has 0 radical (unpaired) electrons. The third kappa shape index (κ3) is 4.55. The van der Waals surface area contributed by atoms with Gasteiger partial charge in [0.25, 0.3) is 5.91 Å². The number of nitrogens with zero attached hydrogens (tertiary/aromatic N) is 1. The van der Waals surface area contributed by atoms with E-state index in [0.29, 0.717) is 22.9 Å². The predicted molar refractivity (Wildman–Crippen MR) is 125 cm³/mol. The molecule has 160 valence electrons. The first-order valence-electron chi connectivity index (χ1n) is 10.2.